The Morgan fingerprint density at radius 3 is 2.39 bits per heavy atom. The Balaban J connectivity index is 1.15. The van der Waals surface area contributed by atoms with Crippen molar-refractivity contribution < 1.29 is 32.3 Å². The fourth-order valence-corrected chi connectivity index (χ4v) is 11.5. The highest BCUT2D eigenvalue weighted by atomic mass is 35.5. The van der Waals surface area contributed by atoms with Gasteiger partial charge in [0.05, 0.1) is 28.1 Å². The van der Waals surface area contributed by atoms with E-state index in [1.807, 2.05) is 0 Å². The number of hydrogen-bond donors (Lipinski definition) is 2. The summed E-state index contributed by atoms with van der Waals surface area (Å²) in [5.41, 5.74) is -0.368. The molecule has 8 nitrogen and oxygen atoms in total. The number of halogens is 5. The normalized spacial score (nSPS) is 26.8. The second-order valence-corrected chi connectivity index (χ2v) is 15.6. The first-order valence-corrected chi connectivity index (χ1v) is 17.8. The van der Waals surface area contributed by atoms with Crippen LogP contribution in [0.5, 0.6) is 5.75 Å². The lowest BCUT2D eigenvalue weighted by atomic mass is 9.68. The molecule has 3 aromatic carbocycles. The highest BCUT2D eigenvalue weighted by Crippen LogP contribution is 2.69. The molecule has 1 aromatic heterocycles. The molecule has 2 bridgehead atoms. The molecule has 7 atom stereocenters. The van der Waals surface area contributed by atoms with E-state index in [0.29, 0.717) is 43.4 Å². The van der Waals surface area contributed by atoms with Crippen LogP contribution < -0.4 is 19.8 Å². The van der Waals surface area contributed by atoms with Gasteiger partial charge in [0, 0.05) is 37.3 Å². The number of nitrogens with one attached hydrogen (secondary N) is 2. The Morgan fingerprint density at radius 2 is 1.65 bits per heavy atom. The summed E-state index contributed by atoms with van der Waals surface area (Å²) in [4.78, 5) is 57.7. The van der Waals surface area contributed by atoms with Crippen molar-refractivity contribution in [2.24, 2.45) is 29.6 Å². The minimum absolute atomic E-state index is 0.233. The Morgan fingerprint density at radius 1 is 0.959 bits per heavy atom. The van der Waals surface area contributed by atoms with Gasteiger partial charge >= 0.3 is 11.0 Å². The number of aromatic amines is 1. The van der Waals surface area contributed by atoms with Gasteiger partial charge < -0.3 is 15.0 Å². The zero-order valence-corrected chi connectivity index (χ0v) is 28.1. The monoisotopic (exact) mass is 745 g/mol. The number of fused-ring (bicyclic) bond motifs is 9. The van der Waals surface area contributed by atoms with E-state index in [-0.39, 0.29) is 34.5 Å². The maximum Gasteiger partial charge on any atom is 0.418 e. The summed E-state index contributed by atoms with van der Waals surface area (Å²) in [5.74, 6) is -4.44. The number of carbonyl (C=O) groups excluding carboxylic acids is 3. The number of anilines is 2. The molecule has 3 amide bonds. The molecule has 2 aliphatic carbocycles. The molecule has 15 heteroatoms. The number of ether oxygens (including phenoxy) is 1. The number of imide groups is 1. The molecule has 2 saturated carbocycles. The van der Waals surface area contributed by atoms with Crippen LogP contribution in [0.4, 0.5) is 24.5 Å². The summed E-state index contributed by atoms with van der Waals surface area (Å²) >= 11 is 14.9. The number of H-pyrrole nitrogens is 1. The molecular formula is C34H24Cl2F3N3O5S2. The average Bonchev–Trinajstić information content (AvgIpc) is 3.80. The van der Waals surface area contributed by atoms with E-state index in [2.05, 4.69) is 10.3 Å². The first-order chi connectivity index (χ1) is 23.4. The van der Waals surface area contributed by atoms with E-state index in [0.717, 1.165) is 28.4 Å². The van der Waals surface area contributed by atoms with Crippen molar-refractivity contribution >= 4 is 75.4 Å². The Hall–Kier alpha value is -3.78. The number of rotatable bonds is 6. The Bertz CT molecular complexity index is 2090. The maximum absolute atomic E-state index is 14.1. The lowest BCUT2D eigenvalue weighted by Crippen LogP contribution is -2.42. The second kappa shape index (κ2) is 11.9. The number of thiazole rings is 1. The molecular weight excluding hydrogens is 722 g/mol. The minimum Gasteiger partial charge on any atom is -0.483 e. The summed E-state index contributed by atoms with van der Waals surface area (Å²) in [5, 5.41) is 4.05. The van der Waals surface area contributed by atoms with Gasteiger partial charge in [0.15, 0.2) is 6.61 Å². The third-order valence-corrected chi connectivity index (χ3v) is 13.0. The summed E-state index contributed by atoms with van der Waals surface area (Å²) in [6.45, 7) is -0.347. The highest BCUT2D eigenvalue weighted by Gasteiger charge is 2.70. The molecule has 0 spiro atoms. The van der Waals surface area contributed by atoms with Gasteiger partial charge in [-0.3, -0.25) is 19.2 Å². The van der Waals surface area contributed by atoms with Crippen LogP contribution in [0.15, 0.2) is 76.6 Å². The number of para-hydroxylation sites is 1. The summed E-state index contributed by atoms with van der Waals surface area (Å²) in [6, 6.07) is 16.2. The van der Waals surface area contributed by atoms with Gasteiger partial charge in [0.1, 0.15) is 5.75 Å². The number of aromatic nitrogens is 1. The van der Waals surface area contributed by atoms with Crippen molar-refractivity contribution in [1.82, 2.24) is 4.98 Å². The van der Waals surface area contributed by atoms with Crippen LogP contribution in [-0.4, -0.2) is 34.6 Å². The number of hydrogen-bond acceptors (Lipinski definition) is 7. The number of amides is 3. The van der Waals surface area contributed by atoms with Gasteiger partial charge in [0.25, 0.3) is 5.91 Å². The Labute approximate surface area is 294 Å². The smallest absolute Gasteiger partial charge is 0.418 e. The van der Waals surface area contributed by atoms with Crippen LogP contribution in [0.1, 0.15) is 28.3 Å². The van der Waals surface area contributed by atoms with Gasteiger partial charge in [-0.15, -0.1) is 11.8 Å². The van der Waals surface area contributed by atoms with Crippen molar-refractivity contribution in [3.8, 4) is 5.75 Å². The highest BCUT2D eigenvalue weighted by molar-refractivity contribution is 8.00. The third-order valence-electron chi connectivity index (χ3n) is 9.97. The SMILES string of the molecule is O=C(COc1ccc(Cl)cc1[C@@H]1c2sc(=O)[nH]c2S[C@@H]2[C@@H]3C[C@@H]([C@@H]4C(=O)N(c5ccccc5C(F)(F)F)C(=O)[C@@H]34)[C@H]12)Nc1ccc(Cl)cc1. The first-order valence-electron chi connectivity index (χ1n) is 15.3. The maximum atomic E-state index is 14.1. The summed E-state index contributed by atoms with van der Waals surface area (Å²) in [7, 11) is 0. The predicted octanol–water partition coefficient (Wildman–Crippen LogP) is 7.46. The molecule has 0 radical (unpaired) electrons. The number of thioether (sulfide) groups is 1. The average molecular weight is 747 g/mol. The van der Waals surface area contributed by atoms with Gasteiger partial charge in [-0.2, -0.15) is 13.2 Å². The molecule has 8 rings (SSSR count). The zero-order valence-electron chi connectivity index (χ0n) is 25.0. The second-order valence-electron chi connectivity index (χ2n) is 12.5. The van der Waals surface area contributed by atoms with Gasteiger partial charge in [-0.05, 0) is 78.8 Å². The van der Waals surface area contributed by atoms with Crippen molar-refractivity contribution in [3.05, 3.63) is 102 Å². The summed E-state index contributed by atoms with van der Waals surface area (Å²) < 4.78 is 48.1. The quantitative estimate of drug-likeness (QED) is 0.199. The zero-order chi connectivity index (χ0) is 34.4. The largest absolute Gasteiger partial charge is 0.483 e. The van der Waals surface area contributed by atoms with E-state index in [1.165, 1.54) is 23.9 Å². The molecule has 2 aliphatic heterocycles. The van der Waals surface area contributed by atoms with E-state index >= 15 is 0 Å². The van der Waals surface area contributed by atoms with Crippen molar-refractivity contribution in [1.29, 1.82) is 0 Å². The standard InChI is InChI=1S/C34H24Cl2F3N3O5S2/c35-14-5-8-16(9-6-14)40-23(43)13-47-22-10-7-15(36)11-17(22)24-25-18-12-19(28(25)48-30-29(24)49-33(46)41-30)27-26(18)31(44)42(32(27)45)21-4-2-1-3-20(21)34(37,38)39/h1-11,18-19,24-28H,12-13H2,(H,40,43)(H,41,46)/t18-,19-,24+,25-,26+,27+,28-/m1/s1. The molecule has 2 N–H and O–H groups in total. The molecule has 3 heterocycles. The van der Waals surface area contributed by atoms with Crippen LogP contribution in [0, 0.1) is 29.6 Å². The minimum atomic E-state index is -4.77. The topological polar surface area (TPSA) is 109 Å². The van der Waals surface area contributed by atoms with Gasteiger partial charge in [-0.25, -0.2) is 4.90 Å². The first kappa shape index (κ1) is 32.4. The summed E-state index contributed by atoms with van der Waals surface area (Å²) in [6.07, 6.45) is -4.24. The number of nitrogens with zero attached hydrogens (tertiary/aromatic N) is 1. The van der Waals surface area contributed by atoms with E-state index < -0.39 is 52.9 Å². The van der Waals surface area contributed by atoms with Crippen LogP contribution in [0.2, 0.25) is 10.0 Å². The molecule has 4 aromatic rings. The van der Waals surface area contributed by atoms with Crippen LogP contribution in [0.25, 0.3) is 0 Å². The van der Waals surface area contributed by atoms with Gasteiger partial charge in [-0.1, -0.05) is 46.7 Å². The molecule has 252 valence electrons. The molecule has 3 fully saturated rings. The molecule has 4 aliphatic rings. The fourth-order valence-electron chi connectivity index (χ4n) is 8.28. The van der Waals surface area contributed by atoms with Crippen molar-refractivity contribution in [2.45, 2.75) is 28.8 Å². The lowest BCUT2D eigenvalue weighted by Gasteiger charge is -2.43. The van der Waals surface area contributed by atoms with Crippen molar-refractivity contribution in [3.63, 3.8) is 0 Å². The van der Waals surface area contributed by atoms with Crippen LogP contribution >= 0.6 is 46.3 Å². The van der Waals surface area contributed by atoms with E-state index in [9.17, 15) is 32.3 Å². The molecule has 1 saturated heterocycles. The predicted molar refractivity (Wildman–Crippen MR) is 179 cm³/mol. The number of carbonyl (C=O) groups is 3. The van der Waals surface area contributed by atoms with Crippen LogP contribution in [0.3, 0.4) is 0 Å². The Kier molecular flexibility index (Phi) is 7.89. The molecule has 0 unspecified atom stereocenters. The van der Waals surface area contributed by atoms with Crippen molar-refractivity contribution in [2.75, 3.05) is 16.8 Å². The molecule has 49 heavy (non-hydrogen) atoms. The number of alkyl halides is 3. The lowest BCUT2D eigenvalue weighted by molar-refractivity contribution is -0.137. The number of benzene rings is 3. The third kappa shape index (κ3) is 5.36. The van der Waals surface area contributed by atoms with E-state index in [1.54, 1.807) is 42.5 Å². The van der Waals surface area contributed by atoms with Crippen LogP contribution in [-0.2, 0) is 20.6 Å². The fraction of sp³-hybridized carbons (Fsp3) is 0.294. The van der Waals surface area contributed by atoms with E-state index in [4.69, 9.17) is 27.9 Å². The van der Waals surface area contributed by atoms with Gasteiger partial charge in [0.2, 0.25) is 11.8 Å².